The first-order valence-corrected chi connectivity index (χ1v) is 5.72. The van der Waals surface area contributed by atoms with E-state index in [0.29, 0.717) is 13.2 Å². The maximum absolute atomic E-state index is 11.7. The number of aliphatic hydroxyl groups is 1. The zero-order valence-electron chi connectivity index (χ0n) is 9.00. The fourth-order valence-corrected chi connectivity index (χ4v) is 1.93. The molecule has 2 N–H and O–H groups in total. The number of amides is 1. The highest BCUT2D eigenvalue weighted by Crippen LogP contribution is 2.44. The van der Waals surface area contributed by atoms with Crippen molar-refractivity contribution < 1.29 is 14.6 Å². The van der Waals surface area contributed by atoms with Gasteiger partial charge < -0.3 is 15.2 Å². The number of ether oxygens (including phenoxy) is 1. The van der Waals surface area contributed by atoms with Gasteiger partial charge in [0.1, 0.15) is 0 Å². The van der Waals surface area contributed by atoms with Gasteiger partial charge in [0, 0.05) is 18.6 Å². The van der Waals surface area contributed by atoms with E-state index < -0.39 is 0 Å². The first-order chi connectivity index (χ1) is 7.26. The molecule has 4 heteroatoms. The Balaban J connectivity index is 1.72. The number of aliphatic hydroxyl groups excluding tert-OH is 1. The second-order valence-corrected chi connectivity index (χ2v) is 4.79. The predicted molar refractivity (Wildman–Crippen MR) is 55.3 cm³/mol. The summed E-state index contributed by atoms with van der Waals surface area (Å²) in [6, 6.07) is 0. The normalized spacial score (nSPS) is 28.5. The Hall–Kier alpha value is -0.610. The molecule has 0 bridgehead atoms. The first-order valence-electron chi connectivity index (χ1n) is 5.72. The standard InChI is InChI=1S/C11H19NO3/c13-8-11(3-4-11)7-12-10(14)9-2-1-5-15-6-9/h9,13H,1-8H2,(H,12,14). The van der Waals surface area contributed by atoms with Crippen molar-refractivity contribution in [1.82, 2.24) is 5.32 Å². The third-order valence-corrected chi connectivity index (χ3v) is 3.46. The summed E-state index contributed by atoms with van der Waals surface area (Å²) < 4.78 is 5.27. The smallest absolute Gasteiger partial charge is 0.225 e. The van der Waals surface area contributed by atoms with Crippen LogP contribution in [-0.2, 0) is 9.53 Å². The van der Waals surface area contributed by atoms with Crippen LogP contribution in [0.15, 0.2) is 0 Å². The quantitative estimate of drug-likeness (QED) is 0.706. The summed E-state index contributed by atoms with van der Waals surface area (Å²) in [5.41, 5.74) is 0.00514. The fraction of sp³-hybridized carbons (Fsp3) is 0.909. The van der Waals surface area contributed by atoms with E-state index in [1.54, 1.807) is 0 Å². The van der Waals surface area contributed by atoms with Crippen LogP contribution in [0.5, 0.6) is 0 Å². The molecule has 2 fully saturated rings. The van der Waals surface area contributed by atoms with Crippen LogP contribution in [0.4, 0.5) is 0 Å². The molecule has 15 heavy (non-hydrogen) atoms. The minimum atomic E-state index is 0.00514. The van der Waals surface area contributed by atoms with Crippen molar-refractivity contribution in [3.05, 3.63) is 0 Å². The summed E-state index contributed by atoms with van der Waals surface area (Å²) in [5, 5.41) is 12.0. The van der Waals surface area contributed by atoms with Gasteiger partial charge in [0.25, 0.3) is 0 Å². The fourth-order valence-electron chi connectivity index (χ4n) is 1.93. The molecule has 0 aromatic carbocycles. The molecule has 1 aliphatic carbocycles. The Morgan fingerprint density at radius 2 is 2.33 bits per heavy atom. The summed E-state index contributed by atoms with van der Waals surface area (Å²) in [5.74, 6) is 0.114. The van der Waals surface area contributed by atoms with Gasteiger partial charge >= 0.3 is 0 Å². The zero-order chi connectivity index (χ0) is 10.7. The second-order valence-electron chi connectivity index (χ2n) is 4.79. The summed E-state index contributed by atoms with van der Waals surface area (Å²) in [6.07, 6.45) is 3.97. The summed E-state index contributed by atoms with van der Waals surface area (Å²) in [7, 11) is 0. The molecule has 86 valence electrons. The Morgan fingerprint density at radius 3 is 2.87 bits per heavy atom. The van der Waals surface area contributed by atoms with E-state index in [2.05, 4.69) is 5.32 Å². The SMILES string of the molecule is O=C(NCC1(CO)CC1)C1CCCOC1. The average molecular weight is 213 g/mol. The third-order valence-electron chi connectivity index (χ3n) is 3.46. The van der Waals surface area contributed by atoms with Crippen LogP contribution in [0.2, 0.25) is 0 Å². The molecule has 2 aliphatic rings. The van der Waals surface area contributed by atoms with Crippen LogP contribution in [0.25, 0.3) is 0 Å². The number of nitrogens with one attached hydrogen (secondary N) is 1. The lowest BCUT2D eigenvalue weighted by Crippen LogP contribution is -2.39. The number of rotatable bonds is 4. The molecular weight excluding hydrogens is 194 g/mol. The largest absolute Gasteiger partial charge is 0.396 e. The second kappa shape index (κ2) is 4.49. The van der Waals surface area contributed by atoms with E-state index in [-0.39, 0.29) is 23.8 Å². The van der Waals surface area contributed by atoms with Gasteiger partial charge in [0.05, 0.1) is 19.1 Å². The van der Waals surface area contributed by atoms with Crippen molar-refractivity contribution in [2.75, 3.05) is 26.4 Å². The molecule has 2 rings (SSSR count). The molecule has 1 saturated carbocycles. The van der Waals surface area contributed by atoms with Gasteiger partial charge in [-0.15, -0.1) is 0 Å². The Bertz CT molecular complexity index is 232. The van der Waals surface area contributed by atoms with Crippen molar-refractivity contribution >= 4 is 5.91 Å². The number of hydrogen-bond donors (Lipinski definition) is 2. The lowest BCUT2D eigenvalue weighted by atomic mass is 10.0. The van der Waals surface area contributed by atoms with Gasteiger partial charge in [0.15, 0.2) is 0 Å². The average Bonchev–Trinajstić information content (AvgIpc) is 3.08. The van der Waals surface area contributed by atoms with Gasteiger partial charge in [-0.1, -0.05) is 0 Å². The molecule has 4 nitrogen and oxygen atoms in total. The van der Waals surface area contributed by atoms with Crippen LogP contribution in [0.1, 0.15) is 25.7 Å². The molecule has 1 atom stereocenters. The van der Waals surface area contributed by atoms with E-state index in [9.17, 15) is 4.79 Å². The van der Waals surface area contributed by atoms with E-state index in [1.165, 1.54) is 0 Å². The minimum Gasteiger partial charge on any atom is -0.396 e. The van der Waals surface area contributed by atoms with Crippen molar-refractivity contribution in [2.45, 2.75) is 25.7 Å². The lowest BCUT2D eigenvalue weighted by molar-refractivity contribution is -0.129. The topological polar surface area (TPSA) is 58.6 Å². The highest BCUT2D eigenvalue weighted by molar-refractivity contribution is 5.78. The number of hydrogen-bond acceptors (Lipinski definition) is 3. The van der Waals surface area contributed by atoms with Gasteiger partial charge in [-0.25, -0.2) is 0 Å². The molecule has 1 saturated heterocycles. The number of carbonyl (C=O) groups is 1. The monoisotopic (exact) mass is 213 g/mol. The molecule has 0 aromatic heterocycles. The third kappa shape index (κ3) is 2.69. The highest BCUT2D eigenvalue weighted by atomic mass is 16.5. The maximum Gasteiger partial charge on any atom is 0.225 e. The Morgan fingerprint density at radius 1 is 1.53 bits per heavy atom. The Labute approximate surface area is 90.0 Å². The van der Waals surface area contributed by atoms with E-state index in [4.69, 9.17) is 9.84 Å². The van der Waals surface area contributed by atoms with Crippen LogP contribution in [0, 0.1) is 11.3 Å². The van der Waals surface area contributed by atoms with E-state index in [1.807, 2.05) is 0 Å². The van der Waals surface area contributed by atoms with E-state index in [0.717, 1.165) is 32.3 Å². The van der Waals surface area contributed by atoms with E-state index >= 15 is 0 Å². The zero-order valence-corrected chi connectivity index (χ0v) is 9.00. The maximum atomic E-state index is 11.7. The highest BCUT2D eigenvalue weighted by Gasteiger charge is 2.42. The van der Waals surface area contributed by atoms with Crippen LogP contribution < -0.4 is 5.32 Å². The molecule has 0 aromatic rings. The molecule has 0 spiro atoms. The Kier molecular flexibility index (Phi) is 3.26. The number of carbonyl (C=O) groups excluding carboxylic acids is 1. The van der Waals surface area contributed by atoms with Crippen LogP contribution in [0.3, 0.4) is 0 Å². The van der Waals surface area contributed by atoms with Crippen molar-refractivity contribution in [1.29, 1.82) is 0 Å². The minimum absolute atomic E-state index is 0.00514. The first kappa shape index (κ1) is 10.9. The summed E-state index contributed by atoms with van der Waals surface area (Å²) in [6.45, 7) is 2.15. The van der Waals surface area contributed by atoms with Crippen LogP contribution >= 0.6 is 0 Å². The van der Waals surface area contributed by atoms with Gasteiger partial charge in [-0.2, -0.15) is 0 Å². The lowest BCUT2D eigenvalue weighted by Gasteiger charge is -2.22. The molecular formula is C11H19NO3. The molecule has 1 amide bonds. The van der Waals surface area contributed by atoms with Crippen molar-refractivity contribution in [2.24, 2.45) is 11.3 Å². The van der Waals surface area contributed by atoms with Crippen molar-refractivity contribution in [3.8, 4) is 0 Å². The molecule has 1 aliphatic heterocycles. The predicted octanol–water partition coefficient (Wildman–Crippen LogP) is 0.302. The van der Waals surface area contributed by atoms with Gasteiger partial charge in [-0.3, -0.25) is 4.79 Å². The summed E-state index contributed by atoms with van der Waals surface area (Å²) >= 11 is 0. The van der Waals surface area contributed by atoms with Gasteiger partial charge in [-0.05, 0) is 25.7 Å². The van der Waals surface area contributed by atoms with Gasteiger partial charge in [0.2, 0.25) is 5.91 Å². The molecule has 1 unspecified atom stereocenters. The summed E-state index contributed by atoms with van der Waals surface area (Å²) in [4.78, 5) is 11.7. The van der Waals surface area contributed by atoms with Crippen LogP contribution in [-0.4, -0.2) is 37.4 Å². The van der Waals surface area contributed by atoms with Crippen molar-refractivity contribution in [3.63, 3.8) is 0 Å². The molecule has 1 heterocycles. The molecule has 0 radical (unpaired) electrons.